The van der Waals surface area contributed by atoms with E-state index in [4.69, 9.17) is 0 Å². The lowest BCUT2D eigenvalue weighted by Gasteiger charge is -2.25. The van der Waals surface area contributed by atoms with E-state index in [1.165, 1.54) is 11.1 Å². The molecule has 0 aliphatic carbocycles. The van der Waals surface area contributed by atoms with E-state index < -0.39 is 0 Å². The first kappa shape index (κ1) is 19.4. The summed E-state index contributed by atoms with van der Waals surface area (Å²) < 4.78 is 0. The molecule has 2 heteroatoms. The highest BCUT2D eigenvalue weighted by Gasteiger charge is 2.18. The third kappa shape index (κ3) is 7.23. The van der Waals surface area contributed by atoms with Crippen LogP contribution in [-0.4, -0.2) is 17.2 Å². The zero-order valence-corrected chi connectivity index (χ0v) is 15.8. The predicted molar refractivity (Wildman–Crippen MR) is 105 cm³/mol. The molecule has 1 atom stereocenters. The number of rotatable bonds is 10. The Hall–Kier alpha value is -1.93. The van der Waals surface area contributed by atoms with Crippen molar-refractivity contribution < 1.29 is 4.79 Å². The Morgan fingerprint density at radius 1 is 0.840 bits per heavy atom. The highest BCUT2D eigenvalue weighted by atomic mass is 16.1. The third-order valence-corrected chi connectivity index (χ3v) is 4.55. The van der Waals surface area contributed by atoms with Crippen LogP contribution in [0.2, 0.25) is 0 Å². The summed E-state index contributed by atoms with van der Waals surface area (Å²) in [5.74, 6) is 1.05. The second kappa shape index (κ2) is 10.1. The van der Waals surface area contributed by atoms with Crippen molar-refractivity contribution in [2.24, 2.45) is 11.8 Å². The lowest BCUT2D eigenvalue weighted by atomic mass is 9.97. The maximum atomic E-state index is 12.5. The van der Waals surface area contributed by atoms with Crippen LogP contribution in [0.15, 0.2) is 60.7 Å². The van der Waals surface area contributed by atoms with Gasteiger partial charge in [-0.1, -0.05) is 81.4 Å². The molecule has 2 aromatic rings. The first-order chi connectivity index (χ1) is 12.0. The quantitative estimate of drug-likeness (QED) is 0.584. The number of benzene rings is 2. The molecule has 0 aliphatic heterocycles. The van der Waals surface area contributed by atoms with Crippen molar-refractivity contribution in [3.05, 3.63) is 71.8 Å². The minimum Gasteiger partial charge on any atom is -0.299 e. The van der Waals surface area contributed by atoms with E-state index in [1.807, 2.05) is 12.1 Å². The normalized spacial score (nSPS) is 12.5. The number of carbonyl (C=O) groups excluding carboxylic acids is 1. The second-order valence-corrected chi connectivity index (χ2v) is 7.44. The van der Waals surface area contributed by atoms with Crippen molar-refractivity contribution in [1.82, 2.24) is 4.90 Å². The fraction of sp³-hybridized carbons (Fsp3) is 0.435. The fourth-order valence-corrected chi connectivity index (χ4v) is 3.03. The SMILES string of the molecule is CC(C)CCC(=O)[C@H](C)CN(Cc1ccccc1)Cc1ccccc1. The molecular weight excluding hydrogens is 306 g/mol. The van der Waals surface area contributed by atoms with Gasteiger partial charge in [0.15, 0.2) is 0 Å². The van der Waals surface area contributed by atoms with Gasteiger partial charge in [-0.3, -0.25) is 9.69 Å². The summed E-state index contributed by atoms with van der Waals surface area (Å²) in [5, 5.41) is 0. The summed E-state index contributed by atoms with van der Waals surface area (Å²) in [5.41, 5.74) is 2.58. The van der Waals surface area contributed by atoms with Crippen LogP contribution in [0.4, 0.5) is 0 Å². The second-order valence-electron chi connectivity index (χ2n) is 7.44. The first-order valence-corrected chi connectivity index (χ1v) is 9.37. The molecule has 0 aromatic heterocycles. The van der Waals surface area contributed by atoms with Crippen LogP contribution in [-0.2, 0) is 17.9 Å². The number of nitrogens with zero attached hydrogens (tertiary/aromatic N) is 1. The Labute approximate surface area is 152 Å². The van der Waals surface area contributed by atoms with E-state index in [-0.39, 0.29) is 5.92 Å². The molecule has 2 nitrogen and oxygen atoms in total. The van der Waals surface area contributed by atoms with Crippen LogP contribution in [0.5, 0.6) is 0 Å². The first-order valence-electron chi connectivity index (χ1n) is 9.37. The van der Waals surface area contributed by atoms with Gasteiger partial charge in [0.2, 0.25) is 0 Å². The summed E-state index contributed by atoms with van der Waals surface area (Å²) >= 11 is 0. The Morgan fingerprint density at radius 3 is 1.76 bits per heavy atom. The monoisotopic (exact) mass is 337 g/mol. The van der Waals surface area contributed by atoms with E-state index in [0.717, 1.165) is 26.1 Å². The summed E-state index contributed by atoms with van der Waals surface area (Å²) in [4.78, 5) is 14.9. The van der Waals surface area contributed by atoms with Crippen LogP contribution < -0.4 is 0 Å². The van der Waals surface area contributed by atoms with Gasteiger partial charge in [-0.05, 0) is 23.5 Å². The van der Waals surface area contributed by atoms with Crippen molar-refractivity contribution in [1.29, 1.82) is 0 Å². The summed E-state index contributed by atoms with van der Waals surface area (Å²) in [6.07, 6.45) is 1.68. The lowest BCUT2D eigenvalue weighted by Crippen LogP contribution is -2.31. The molecule has 0 fully saturated rings. The van der Waals surface area contributed by atoms with Gasteiger partial charge in [0.1, 0.15) is 5.78 Å². The predicted octanol–water partition coefficient (Wildman–Crippen LogP) is 5.33. The minimum absolute atomic E-state index is 0.0752. The Morgan fingerprint density at radius 2 is 1.32 bits per heavy atom. The molecule has 0 N–H and O–H groups in total. The van der Waals surface area contributed by atoms with Gasteiger partial charge >= 0.3 is 0 Å². The highest BCUT2D eigenvalue weighted by Crippen LogP contribution is 2.15. The van der Waals surface area contributed by atoms with Crippen molar-refractivity contribution in [2.45, 2.75) is 46.7 Å². The van der Waals surface area contributed by atoms with Gasteiger partial charge < -0.3 is 0 Å². The molecule has 0 saturated carbocycles. The Kier molecular flexibility index (Phi) is 7.87. The van der Waals surface area contributed by atoms with Crippen molar-refractivity contribution in [2.75, 3.05) is 6.54 Å². The van der Waals surface area contributed by atoms with E-state index >= 15 is 0 Å². The average Bonchev–Trinajstić information content (AvgIpc) is 2.61. The number of Topliss-reactive ketones (excluding diaryl/α,β-unsaturated/α-hetero) is 1. The van der Waals surface area contributed by atoms with Crippen LogP contribution >= 0.6 is 0 Å². The lowest BCUT2D eigenvalue weighted by molar-refractivity contribution is -0.123. The molecule has 25 heavy (non-hydrogen) atoms. The summed E-state index contributed by atoms with van der Waals surface area (Å²) in [7, 11) is 0. The third-order valence-electron chi connectivity index (χ3n) is 4.55. The van der Waals surface area contributed by atoms with Gasteiger partial charge in [-0.25, -0.2) is 0 Å². The van der Waals surface area contributed by atoms with E-state index in [2.05, 4.69) is 74.2 Å². The molecule has 0 spiro atoms. The van der Waals surface area contributed by atoms with Crippen LogP contribution in [0, 0.1) is 11.8 Å². The average molecular weight is 338 g/mol. The minimum atomic E-state index is 0.0752. The smallest absolute Gasteiger partial charge is 0.136 e. The van der Waals surface area contributed by atoms with Gasteiger partial charge in [0.05, 0.1) is 0 Å². The Balaban J connectivity index is 2.01. The van der Waals surface area contributed by atoms with E-state index in [0.29, 0.717) is 18.1 Å². The van der Waals surface area contributed by atoms with Crippen molar-refractivity contribution in [3.63, 3.8) is 0 Å². The highest BCUT2D eigenvalue weighted by molar-refractivity contribution is 5.80. The molecule has 2 aromatic carbocycles. The number of hydrogen-bond acceptors (Lipinski definition) is 2. The fourth-order valence-electron chi connectivity index (χ4n) is 3.03. The molecular formula is C23H31NO. The summed E-state index contributed by atoms with van der Waals surface area (Å²) in [6, 6.07) is 21.0. The zero-order valence-electron chi connectivity index (χ0n) is 15.8. The van der Waals surface area contributed by atoms with Crippen LogP contribution in [0.1, 0.15) is 44.7 Å². The summed E-state index contributed by atoms with van der Waals surface area (Å²) in [6.45, 7) is 8.98. The molecule has 0 radical (unpaired) electrons. The van der Waals surface area contributed by atoms with Crippen molar-refractivity contribution in [3.8, 4) is 0 Å². The molecule has 134 valence electrons. The van der Waals surface area contributed by atoms with E-state index in [9.17, 15) is 4.79 Å². The van der Waals surface area contributed by atoms with Crippen LogP contribution in [0.25, 0.3) is 0 Å². The molecule has 0 heterocycles. The van der Waals surface area contributed by atoms with E-state index in [1.54, 1.807) is 0 Å². The number of ketones is 1. The Bertz CT molecular complexity index is 580. The maximum Gasteiger partial charge on any atom is 0.136 e. The standard InChI is InChI=1S/C23H31NO/c1-19(2)14-15-23(25)20(3)16-24(17-21-10-6-4-7-11-21)18-22-12-8-5-9-13-22/h4-13,19-20H,14-18H2,1-3H3/t20-/m1/s1. The molecule has 0 unspecified atom stereocenters. The van der Waals surface area contributed by atoms with Gasteiger partial charge in [0, 0.05) is 32.0 Å². The topological polar surface area (TPSA) is 20.3 Å². The zero-order chi connectivity index (χ0) is 18.1. The van der Waals surface area contributed by atoms with Gasteiger partial charge in [-0.15, -0.1) is 0 Å². The number of hydrogen-bond donors (Lipinski definition) is 0. The molecule has 0 amide bonds. The van der Waals surface area contributed by atoms with Crippen molar-refractivity contribution >= 4 is 5.78 Å². The van der Waals surface area contributed by atoms with Gasteiger partial charge in [0.25, 0.3) is 0 Å². The number of carbonyl (C=O) groups is 1. The molecule has 2 rings (SSSR count). The largest absolute Gasteiger partial charge is 0.299 e. The maximum absolute atomic E-state index is 12.5. The molecule has 0 aliphatic rings. The molecule has 0 saturated heterocycles. The van der Waals surface area contributed by atoms with Gasteiger partial charge in [-0.2, -0.15) is 0 Å². The van der Waals surface area contributed by atoms with Crippen LogP contribution in [0.3, 0.4) is 0 Å². The molecule has 0 bridgehead atoms.